The molecule has 0 bridgehead atoms. The summed E-state index contributed by atoms with van der Waals surface area (Å²) >= 11 is 0. The molecule has 0 aromatic heterocycles. The number of benzene rings is 3. The monoisotopic (exact) mass is 549 g/mol. The molecule has 2 heterocycles. The summed E-state index contributed by atoms with van der Waals surface area (Å²) in [7, 11) is 0. The molecule has 0 aliphatic carbocycles. The SMILES string of the molecule is O=C(CC1CCN(Cc2ccc(C(F)(F)F)cc2)CC1)c1ccc(CN2CCN(Cc3ccccc3)CC2)cc1. The average Bonchev–Trinajstić information content (AvgIpc) is 2.96. The van der Waals surface area contributed by atoms with Crippen molar-refractivity contribution in [2.75, 3.05) is 39.3 Å². The molecule has 0 atom stereocenters. The zero-order valence-electron chi connectivity index (χ0n) is 23.0. The molecule has 0 saturated carbocycles. The van der Waals surface area contributed by atoms with Crippen molar-refractivity contribution in [3.05, 3.63) is 107 Å². The molecule has 212 valence electrons. The summed E-state index contributed by atoms with van der Waals surface area (Å²) < 4.78 is 38.4. The smallest absolute Gasteiger partial charge is 0.299 e. The lowest BCUT2D eigenvalue weighted by molar-refractivity contribution is -0.137. The molecule has 3 aromatic carbocycles. The maximum atomic E-state index is 13.0. The number of hydrogen-bond acceptors (Lipinski definition) is 4. The van der Waals surface area contributed by atoms with E-state index in [9.17, 15) is 18.0 Å². The molecule has 2 fully saturated rings. The Kier molecular flexibility index (Phi) is 9.35. The van der Waals surface area contributed by atoms with Gasteiger partial charge in [-0.15, -0.1) is 0 Å². The maximum Gasteiger partial charge on any atom is 0.416 e. The number of nitrogens with zero attached hydrogens (tertiary/aromatic N) is 3. The van der Waals surface area contributed by atoms with Crippen LogP contribution in [-0.4, -0.2) is 59.8 Å². The van der Waals surface area contributed by atoms with Gasteiger partial charge in [-0.1, -0.05) is 66.7 Å². The third-order valence-corrected chi connectivity index (χ3v) is 8.26. The Balaban J connectivity index is 1.02. The standard InChI is InChI=1S/C33H38F3N3O/c34-33(35,36)31-12-8-29(9-13-31)24-37-16-14-26(15-17-37)22-32(40)30-10-6-28(7-11-30)25-39-20-18-38(19-21-39)23-27-4-2-1-3-5-27/h1-13,26H,14-25H2. The van der Waals surface area contributed by atoms with Crippen molar-refractivity contribution < 1.29 is 18.0 Å². The first kappa shape index (κ1) is 28.5. The summed E-state index contributed by atoms with van der Waals surface area (Å²) in [4.78, 5) is 20.2. The minimum Gasteiger partial charge on any atom is -0.299 e. The summed E-state index contributed by atoms with van der Waals surface area (Å²) in [5.41, 5.74) is 3.66. The molecule has 0 amide bonds. The number of rotatable bonds is 9. The molecule has 2 aliphatic heterocycles. The number of halogens is 3. The number of carbonyl (C=O) groups is 1. The van der Waals surface area contributed by atoms with Gasteiger partial charge in [0.15, 0.2) is 5.78 Å². The molecule has 40 heavy (non-hydrogen) atoms. The van der Waals surface area contributed by atoms with E-state index < -0.39 is 11.7 Å². The number of carbonyl (C=O) groups excluding carboxylic acids is 1. The van der Waals surface area contributed by atoms with Crippen LogP contribution in [0.3, 0.4) is 0 Å². The highest BCUT2D eigenvalue weighted by Crippen LogP contribution is 2.30. The molecule has 0 spiro atoms. The Morgan fingerprint density at radius 3 is 1.57 bits per heavy atom. The minimum atomic E-state index is -4.30. The summed E-state index contributed by atoms with van der Waals surface area (Å²) in [6.07, 6.45) is -1.89. The first-order valence-electron chi connectivity index (χ1n) is 14.3. The van der Waals surface area contributed by atoms with Gasteiger partial charge in [0.1, 0.15) is 0 Å². The van der Waals surface area contributed by atoms with Crippen LogP contribution < -0.4 is 0 Å². The normalized spacial score (nSPS) is 18.2. The van der Waals surface area contributed by atoms with Crippen LogP contribution in [0, 0.1) is 5.92 Å². The topological polar surface area (TPSA) is 26.8 Å². The van der Waals surface area contributed by atoms with Gasteiger partial charge in [0.25, 0.3) is 0 Å². The van der Waals surface area contributed by atoms with Crippen LogP contribution >= 0.6 is 0 Å². The fourth-order valence-corrected chi connectivity index (χ4v) is 5.79. The van der Waals surface area contributed by atoms with Crippen molar-refractivity contribution in [1.82, 2.24) is 14.7 Å². The molecule has 7 heteroatoms. The number of piperidine rings is 1. The summed E-state index contributed by atoms with van der Waals surface area (Å²) in [6.45, 7) is 8.49. The number of hydrogen-bond donors (Lipinski definition) is 0. The average molecular weight is 550 g/mol. The highest BCUT2D eigenvalue weighted by atomic mass is 19.4. The molecule has 5 rings (SSSR count). The van der Waals surface area contributed by atoms with E-state index in [4.69, 9.17) is 0 Å². The van der Waals surface area contributed by atoms with E-state index in [2.05, 4.69) is 57.2 Å². The molecular formula is C33H38F3N3O. The molecule has 3 aromatic rings. The van der Waals surface area contributed by atoms with E-state index in [1.165, 1.54) is 11.1 Å². The van der Waals surface area contributed by atoms with Gasteiger partial charge >= 0.3 is 6.18 Å². The van der Waals surface area contributed by atoms with Gasteiger partial charge in [0.05, 0.1) is 5.56 Å². The van der Waals surface area contributed by atoms with Crippen molar-refractivity contribution in [1.29, 1.82) is 0 Å². The summed E-state index contributed by atoms with van der Waals surface area (Å²) in [5, 5.41) is 0. The summed E-state index contributed by atoms with van der Waals surface area (Å²) in [5.74, 6) is 0.547. The highest BCUT2D eigenvalue weighted by molar-refractivity contribution is 5.96. The molecule has 2 saturated heterocycles. The van der Waals surface area contributed by atoms with Gasteiger partial charge in [-0.2, -0.15) is 13.2 Å². The number of Topliss-reactive ketones (excluding diaryl/α,β-unsaturated/α-hetero) is 1. The first-order chi connectivity index (χ1) is 19.3. The van der Waals surface area contributed by atoms with Crippen LogP contribution in [0.25, 0.3) is 0 Å². The van der Waals surface area contributed by atoms with Crippen molar-refractivity contribution >= 4 is 5.78 Å². The van der Waals surface area contributed by atoms with E-state index in [1.54, 1.807) is 12.1 Å². The van der Waals surface area contributed by atoms with Gasteiger partial charge in [-0.3, -0.25) is 19.5 Å². The lowest BCUT2D eigenvalue weighted by Gasteiger charge is -2.34. The largest absolute Gasteiger partial charge is 0.416 e. The predicted octanol–water partition coefficient (Wildman–Crippen LogP) is 6.51. The summed E-state index contributed by atoms with van der Waals surface area (Å²) in [6, 6.07) is 24.2. The van der Waals surface area contributed by atoms with Crippen LogP contribution in [0.5, 0.6) is 0 Å². The Labute approximate surface area is 235 Å². The third kappa shape index (κ3) is 8.03. The van der Waals surface area contributed by atoms with E-state index in [-0.39, 0.29) is 5.78 Å². The third-order valence-electron chi connectivity index (χ3n) is 8.26. The molecule has 2 aliphatic rings. The van der Waals surface area contributed by atoms with Gasteiger partial charge in [0, 0.05) is 57.8 Å². The zero-order chi connectivity index (χ0) is 28.0. The van der Waals surface area contributed by atoms with E-state index in [0.717, 1.165) is 88.5 Å². The Hall–Kier alpha value is -3.00. The lowest BCUT2D eigenvalue weighted by atomic mass is 9.89. The minimum absolute atomic E-state index is 0.197. The van der Waals surface area contributed by atoms with Gasteiger partial charge in [-0.25, -0.2) is 0 Å². The van der Waals surface area contributed by atoms with Crippen molar-refractivity contribution in [3.63, 3.8) is 0 Å². The highest BCUT2D eigenvalue weighted by Gasteiger charge is 2.30. The second-order valence-corrected chi connectivity index (χ2v) is 11.3. The Morgan fingerprint density at radius 1 is 0.625 bits per heavy atom. The first-order valence-corrected chi connectivity index (χ1v) is 14.3. The number of likely N-dealkylation sites (tertiary alicyclic amines) is 1. The van der Waals surface area contributed by atoms with Crippen molar-refractivity contribution in [2.24, 2.45) is 5.92 Å². The van der Waals surface area contributed by atoms with Crippen LogP contribution in [0.1, 0.15) is 51.9 Å². The van der Waals surface area contributed by atoms with Crippen LogP contribution in [0.4, 0.5) is 13.2 Å². The lowest BCUT2D eigenvalue weighted by Crippen LogP contribution is -2.45. The fourth-order valence-electron chi connectivity index (χ4n) is 5.79. The number of alkyl halides is 3. The maximum absolute atomic E-state index is 13.0. The van der Waals surface area contributed by atoms with Crippen LogP contribution in [0.15, 0.2) is 78.9 Å². The van der Waals surface area contributed by atoms with E-state index >= 15 is 0 Å². The van der Waals surface area contributed by atoms with Gasteiger partial charge in [0.2, 0.25) is 0 Å². The fraction of sp³-hybridized carbons (Fsp3) is 0.424. The van der Waals surface area contributed by atoms with E-state index in [0.29, 0.717) is 18.9 Å². The van der Waals surface area contributed by atoms with E-state index in [1.807, 2.05) is 12.1 Å². The molecular weight excluding hydrogens is 511 g/mol. The number of piperazine rings is 1. The van der Waals surface area contributed by atoms with Crippen molar-refractivity contribution in [2.45, 2.75) is 45.1 Å². The Bertz CT molecular complexity index is 1210. The molecule has 4 nitrogen and oxygen atoms in total. The quantitative estimate of drug-likeness (QED) is 0.285. The van der Waals surface area contributed by atoms with Crippen molar-refractivity contribution in [3.8, 4) is 0 Å². The molecule has 0 unspecified atom stereocenters. The van der Waals surface area contributed by atoms with Crippen LogP contribution in [0.2, 0.25) is 0 Å². The van der Waals surface area contributed by atoms with Gasteiger partial charge < -0.3 is 0 Å². The predicted molar refractivity (Wildman–Crippen MR) is 152 cm³/mol. The Morgan fingerprint density at radius 2 is 1.07 bits per heavy atom. The molecule has 0 N–H and O–H groups in total. The number of ketones is 1. The zero-order valence-corrected chi connectivity index (χ0v) is 23.0. The second-order valence-electron chi connectivity index (χ2n) is 11.3. The van der Waals surface area contributed by atoms with Gasteiger partial charge in [-0.05, 0) is 60.7 Å². The second kappa shape index (κ2) is 13.1. The molecule has 0 radical (unpaired) electrons. The van der Waals surface area contributed by atoms with Crippen LogP contribution in [-0.2, 0) is 25.8 Å².